The van der Waals surface area contributed by atoms with Gasteiger partial charge in [-0.1, -0.05) is 0 Å². The van der Waals surface area contributed by atoms with Crippen LogP contribution in [0.4, 0.5) is 4.39 Å². The topological polar surface area (TPSA) is 67.2 Å². The lowest BCUT2D eigenvalue weighted by atomic mass is 9.84. The normalized spacial score (nSPS) is 22.0. The number of hydrogen-bond acceptors (Lipinski definition) is 4. The highest BCUT2D eigenvalue weighted by Gasteiger charge is 2.45. The number of ketones is 1. The highest BCUT2D eigenvalue weighted by molar-refractivity contribution is 5.98. The molecule has 2 aromatic rings. The van der Waals surface area contributed by atoms with Crippen LogP contribution in [0.5, 0.6) is 0 Å². The van der Waals surface area contributed by atoms with E-state index in [-0.39, 0.29) is 23.4 Å². The number of hydrogen-bond donors (Lipinski definition) is 1. The Morgan fingerprint density at radius 1 is 1.18 bits per heavy atom. The molecule has 2 aliphatic heterocycles. The van der Waals surface area contributed by atoms with Crippen LogP contribution in [0.25, 0.3) is 0 Å². The smallest absolute Gasteiger partial charge is 0.250 e. The Morgan fingerprint density at radius 3 is 2.61 bits per heavy atom. The molecule has 3 heterocycles. The van der Waals surface area contributed by atoms with Crippen LogP contribution in [0.1, 0.15) is 36.0 Å². The molecular formula is C21H25FN4O2. The number of benzene rings is 1. The zero-order chi connectivity index (χ0) is 19.6. The molecule has 0 aliphatic carbocycles. The van der Waals surface area contributed by atoms with Crippen molar-refractivity contribution < 1.29 is 14.0 Å². The van der Waals surface area contributed by atoms with E-state index in [2.05, 4.69) is 10.4 Å². The Balaban J connectivity index is 1.54. The van der Waals surface area contributed by atoms with Gasteiger partial charge in [-0.2, -0.15) is 5.10 Å². The summed E-state index contributed by atoms with van der Waals surface area (Å²) in [6, 6.07) is 7.50. The van der Waals surface area contributed by atoms with Crippen molar-refractivity contribution in [1.29, 1.82) is 0 Å². The zero-order valence-corrected chi connectivity index (χ0v) is 15.8. The minimum atomic E-state index is -0.685. The van der Waals surface area contributed by atoms with Gasteiger partial charge in [-0.15, -0.1) is 0 Å². The van der Waals surface area contributed by atoms with Gasteiger partial charge in [-0.05, 0) is 69.1 Å². The van der Waals surface area contributed by atoms with Gasteiger partial charge in [-0.25, -0.2) is 4.39 Å². The second-order valence-electron chi connectivity index (χ2n) is 7.69. The van der Waals surface area contributed by atoms with E-state index in [4.69, 9.17) is 0 Å². The molecule has 1 N–H and O–H groups in total. The number of rotatable bonds is 4. The second kappa shape index (κ2) is 7.83. The summed E-state index contributed by atoms with van der Waals surface area (Å²) in [5.74, 6) is -0.575. The van der Waals surface area contributed by atoms with Crippen LogP contribution in [-0.2, 0) is 10.3 Å². The molecule has 1 atom stereocenters. The molecule has 2 fully saturated rings. The van der Waals surface area contributed by atoms with Crippen LogP contribution in [0, 0.1) is 11.7 Å². The predicted octanol–water partition coefficient (Wildman–Crippen LogP) is 2.22. The lowest BCUT2D eigenvalue weighted by molar-refractivity contribution is -0.144. The van der Waals surface area contributed by atoms with Crippen LogP contribution in [0.3, 0.4) is 0 Å². The maximum Gasteiger partial charge on any atom is 0.250 e. The molecule has 6 nitrogen and oxygen atoms in total. The average Bonchev–Trinajstić information content (AvgIpc) is 3.29. The summed E-state index contributed by atoms with van der Waals surface area (Å²) < 4.78 is 15.0. The maximum absolute atomic E-state index is 13.6. The molecule has 2 saturated heterocycles. The van der Waals surface area contributed by atoms with E-state index in [1.165, 1.54) is 24.3 Å². The van der Waals surface area contributed by atoms with Crippen molar-refractivity contribution in [1.82, 2.24) is 20.0 Å². The number of nitrogens with zero attached hydrogens (tertiary/aromatic N) is 3. The lowest BCUT2D eigenvalue weighted by Gasteiger charge is -2.42. The van der Waals surface area contributed by atoms with Gasteiger partial charge < -0.3 is 10.2 Å². The first-order chi connectivity index (χ1) is 13.6. The fraction of sp³-hybridized carbons (Fsp3) is 0.476. The molecule has 2 aliphatic rings. The molecule has 0 saturated carbocycles. The summed E-state index contributed by atoms with van der Waals surface area (Å²) >= 11 is 0. The third-order valence-corrected chi connectivity index (χ3v) is 5.98. The van der Waals surface area contributed by atoms with Crippen LogP contribution in [-0.4, -0.2) is 52.5 Å². The number of piperidine rings is 2. The van der Waals surface area contributed by atoms with Crippen molar-refractivity contribution in [2.24, 2.45) is 5.92 Å². The summed E-state index contributed by atoms with van der Waals surface area (Å²) in [5, 5.41) is 7.69. The summed E-state index contributed by atoms with van der Waals surface area (Å²) in [6.45, 7) is 2.59. The first-order valence-electron chi connectivity index (χ1n) is 9.90. The Morgan fingerprint density at radius 2 is 1.93 bits per heavy atom. The van der Waals surface area contributed by atoms with Crippen molar-refractivity contribution in [3.63, 3.8) is 0 Å². The highest BCUT2D eigenvalue weighted by atomic mass is 19.1. The molecule has 28 heavy (non-hydrogen) atoms. The van der Waals surface area contributed by atoms with Gasteiger partial charge in [-0.3, -0.25) is 14.3 Å². The first-order valence-corrected chi connectivity index (χ1v) is 9.90. The quantitative estimate of drug-likeness (QED) is 0.821. The van der Waals surface area contributed by atoms with E-state index in [1.807, 2.05) is 17.2 Å². The number of carbonyl (C=O) groups excluding carboxylic acids is 2. The number of nitrogens with one attached hydrogen (secondary N) is 1. The highest BCUT2D eigenvalue weighted by Crippen LogP contribution is 2.32. The van der Waals surface area contributed by atoms with Crippen molar-refractivity contribution in [2.45, 2.75) is 31.2 Å². The van der Waals surface area contributed by atoms with Gasteiger partial charge in [0, 0.05) is 37.0 Å². The van der Waals surface area contributed by atoms with E-state index in [0.717, 1.165) is 25.9 Å². The van der Waals surface area contributed by atoms with Gasteiger partial charge in [0.2, 0.25) is 0 Å². The molecule has 1 unspecified atom stereocenters. The molecule has 0 spiro atoms. The van der Waals surface area contributed by atoms with Crippen molar-refractivity contribution >= 4 is 11.7 Å². The molecule has 0 radical (unpaired) electrons. The molecule has 7 heteroatoms. The van der Waals surface area contributed by atoms with Gasteiger partial charge in [0.25, 0.3) is 5.91 Å². The summed E-state index contributed by atoms with van der Waals surface area (Å²) in [5.41, 5.74) is -0.181. The summed E-state index contributed by atoms with van der Waals surface area (Å²) in [4.78, 5) is 28.3. The Bertz CT molecular complexity index is 829. The molecule has 148 valence electrons. The molecule has 1 aromatic heterocycles. The molecule has 4 rings (SSSR count). The minimum absolute atomic E-state index is 0.0176. The lowest BCUT2D eigenvalue weighted by Crippen LogP contribution is -2.57. The van der Waals surface area contributed by atoms with Crippen molar-refractivity contribution in [3.05, 3.63) is 54.1 Å². The van der Waals surface area contributed by atoms with Gasteiger partial charge in [0.1, 0.15) is 11.4 Å². The second-order valence-corrected chi connectivity index (χ2v) is 7.69. The number of likely N-dealkylation sites (tertiary alicyclic amines) is 1. The average molecular weight is 384 g/mol. The van der Waals surface area contributed by atoms with Crippen molar-refractivity contribution in [2.75, 3.05) is 26.2 Å². The Kier molecular flexibility index (Phi) is 5.26. The fourth-order valence-corrected chi connectivity index (χ4v) is 4.42. The minimum Gasteiger partial charge on any atom is -0.340 e. The Hall–Kier alpha value is -2.54. The van der Waals surface area contributed by atoms with Crippen LogP contribution < -0.4 is 5.32 Å². The number of carbonyl (C=O) groups is 2. The largest absolute Gasteiger partial charge is 0.340 e. The van der Waals surface area contributed by atoms with E-state index >= 15 is 0 Å². The molecular weight excluding hydrogens is 359 g/mol. The van der Waals surface area contributed by atoms with E-state index < -0.39 is 5.54 Å². The molecule has 0 bridgehead atoms. The number of halogens is 1. The number of aromatic nitrogens is 2. The summed E-state index contributed by atoms with van der Waals surface area (Å²) in [7, 11) is 0. The van der Waals surface area contributed by atoms with E-state index in [0.29, 0.717) is 31.5 Å². The van der Waals surface area contributed by atoms with Crippen LogP contribution in [0.2, 0.25) is 0 Å². The Labute approximate surface area is 163 Å². The van der Waals surface area contributed by atoms with Gasteiger partial charge in [0.15, 0.2) is 5.78 Å². The van der Waals surface area contributed by atoms with Gasteiger partial charge >= 0.3 is 0 Å². The van der Waals surface area contributed by atoms with Gasteiger partial charge in [0.05, 0.1) is 0 Å². The van der Waals surface area contributed by atoms with Crippen LogP contribution >= 0.6 is 0 Å². The molecule has 1 aromatic carbocycles. The fourth-order valence-electron chi connectivity index (χ4n) is 4.42. The first kappa shape index (κ1) is 18.8. The third kappa shape index (κ3) is 3.46. The van der Waals surface area contributed by atoms with E-state index in [1.54, 1.807) is 10.9 Å². The van der Waals surface area contributed by atoms with Crippen LogP contribution in [0.15, 0.2) is 42.7 Å². The van der Waals surface area contributed by atoms with E-state index in [9.17, 15) is 14.0 Å². The van der Waals surface area contributed by atoms with Crippen molar-refractivity contribution in [3.8, 4) is 0 Å². The monoisotopic (exact) mass is 384 g/mol. The SMILES string of the molecule is O=C(c1ccc(F)cc1)C1CCCN(C(=O)C2(n3cccn3)CCNCC2)C1. The third-order valence-electron chi connectivity index (χ3n) is 5.98. The number of Topliss-reactive ketones (excluding diaryl/α,β-unsaturated/α-hetero) is 1. The molecule has 1 amide bonds. The number of amides is 1. The predicted molar refractivity (Wildman–Crippen MR) is 102 cm³/mol. The summed E-state index contributed by atoms with van der Waals surface area (Å²) in [6.07, 6.45) is 6.46. The standard InChI is InChI=1S/C21H25FN4O2/c22-18-6-4-16(5-7-18)19(27)17-3-1-13-25(15-17)20(28)21(8-11-23-12-9-21)26-14-2-10-24-26/h2,4-7,10,14,17,23H,1,3,8-9,11-13,15H2. The maximum atomic E-state index is 13.6. The zero-order valence-electron chi connectivity index (χ0n) is 15.8.